The number of fused-ring (bicyclic) bond motifs is 1. The number of nitrogens with zero attached hydrogens (tertiary/aromatic N) is 3. The van der Waals surface area contributed by atoms with E-state index in [9.17, 15) is 19.1 Å². The fourth-order valence-electron chi connectivity index (χ4n) is 4.49. The molecule has 2 heterocycles. The highest BCUT2D eigenvalue weighted by Gasteiger charge is 2.37. The van der Waals surface area contributed by atoms with Crippen molar-refractivity contribution < 1.29 is 37.7 Å². The third kappa shape index (κ3) is 5.81. The average molecular weight is 589 g/mol. The smallest absolute Gasteiger partial charge is 0.268 e. The van der Waals surface area contributed by atoms with Crippen LogP contribution in [0.4, 0.5) is 20.2 Å². The van der Waals surface area contributed by atoms with E-state index in [0.29, 0.717) is 28.2 Å². The second-order valence-electron chi connectivity index (χ2n) is 9.26. The van der Waals surface area contributed by atoms with Crippen LogP contribution in [0.15, 0.2) is 91.3 Å². The van der Waals surface area contributed by atoms with Crippen molar-refractivity contribution in [2.24, 2.45) is 0 Å². The Bertz CT molecular complexity index is 1740. The van der Waals surface area contributed by atoms with Gasteiger partial charge in [-0.25, -0.2) is 8.78 Å². The first-order valence-corrected chi connectivity index (χ1v) is 12.9. The van der Waals surface area contributed by atoms with Crippen LogP contribution in [0.2, 0.25) is 0 Å². The molecule has 2 N–H and O–H groups in total. The van der Waals surface area contributed by atoms with Crippen LogP contribution >= 0.6 is 0 Å². The number of carbonyl (C=O) groups is 2. The predicted octanol–water partition coefficient (Wildman–Crippen LogP) is 4.96. The molecule has 43 heavy (non-hydrogen) atoms. The highest BCUT2D eigenvalue weighted by molar-refractivity contribution is 6.27. The molecule has 0 fully saturated rings. The lowest BCUT2D eigenvalue weighted by molar-refractivity contribution is -0.124. The Balaban J connectivity index is 1.38. The molecule has 220 valence electrons. The minimum absolute atomic E-state index is 0.0456. The summed E-state index contributed by atoms with van der Waals surface area (Å²) in [6.07, 6.45) is 2.69. The summed E-state index contributed by atoms with van der Waals surface area (Å²) in [6, 6.07) is 13.5. The number of nitrogens with one attached hydrogen (secondary N) is 1. The number of carbonyl (C=O) groups excluding carboxylic acids is 2. The molecule has 0 spiro atoms. The number of ether oxygens (including phenoxy) is 3. The fourth-order valence-corrected chi connectivity index (χ4v) is 4.49. The van der Waals surface area contributed by atoms with E-state index in [1.54, 1.807) is 18.2 Å². The van der Waals surface area contributed by atoms with Crippen LogP contribution in [-0.4, -0.2) is 53.9 Å². The average Bonchev–Trinajstić information content (AvgIpc) is 3.00. The molecule has 0 bridgehead atoms. The molecule has 2 amide bonds. The summed E-state index contributed by atoms with van der Waals surface area (Å²) in [5, 5.41) is 13.8. The summed E-state index contributed by atoms with van der Waals surface area (Å²) in [6.45, 7) is 3.72. The van der Waals surface area contributed by atoms with E-state index in [-0.39, 0.29) is 29.2 Å². The highest BCUT2D eigenvalue weighted by Crippen LogP contribution is 2.37. The maximum Gasteiger partial charge on any atom is 0.268 e. The number of aliphatic hydroxyl groups excluding tert-OH is 1. The van der Waals surface area contributed by atoms with Crippen LogP contribution in [-0.2, 0) is 9.59 Å². The van der Waals surface area contributed by atoms with Crippen molar-refractivity contribution in [3.05, 3.63) is 103 Å². The number of benzene rings is 3. The number of aromatic nitrogens is 1. The van der Waals surface area contributed by atoms with Gasteiger partial charge in [-0.2, -0.15) is 0 Å². The van der Waals surface area contributed by atoms with Crippen molar-refractivity contribution in [3.63, 3.8) is 0 Å². The minimum atomic E-state index is -1.48. The molecular formula is C31H26F2N4O6. The van der Waals surface area contributed by atoms with Gasteiger partial charge in [0.15, 0.2) is 23.1 Å². The molecule has 1 aromatic heterocycles. The Hall–Kier alpha value is -5.49. The third-order valence-electron chi connectivity index (χ3n) is 6.58. The zero-order valence-electron chi connectivity index (χ0n) is 23.1. The van der Waals surface area contributed by atoms with Crippen molar-refractivity contribution in [1.29, 1.82) is 0 Å². The van der Waals surface area contributed by atoms with Gasteiger partial charge < -0.3 is 29.5 Å². The Kier molecular flexibility index (Phi) is 8.21. The van der Waals surface area contributed by atoms with Crippen LogP contribution < -0.4 is 24.4 Å². The second kappa shape index (κ2) is 12.2. The Labute approximate surface area is 245 Å². The molecule has 1 unspecified atom stereocenters. The predicted molar refractivity (Wildman–Crippen MR) is 155 cm³/mol. The van der Waals surface area contributed by atoms with Crippen LogP contribution in [0, 0.1) is 11.6 Å². The Morgan fingerprint density at radius 2 is 1.74 bits per heavy atom. The fraction of sp³-hybridized carbons (Fsp3) is 0.129. The molecule has 12 heteroatoms. The van der Waals surface area contributed by atoms with Crippen LogP contribution in [0.25, 0.3) is 10.9 Å². The highest BCUT2D eigenvalue weighted by atomic mass is 19.1. The lowest BCUT2D eigenvalue weighted by Gasteiger charge is -2.39. The van der Waals surface area contributed by atoms with Gasteiger partial charge in [0.05, 0.1) is 19.7 Å². The SMILES string of the molecule is C=CCN1C=C(C(=O)Nc2ccc(Oc3ccnc4cc(OC)c(OC)cc34)c(F)c2)C(=O)N(c2ccc(F)cc2)C1O. The van der Waals surface area contributed by atoms with Crippen molar-refractivity contribution in [2.45, 2.75) is 6.35 Å². The molecule has 10 nitrogen and oxygen atoms in total. The maximum absolute atomic E-state index is 15.2. The van der Waals surface area contributed by atoms with Gasteiger partial charge in [0, 0.05) is 47.8 Å². The molecule has 0 saturated heterocycles. The van der Waals surface area contributed by atoms with Crippen molar-refractivity contribution in [1.82, 2.24) is 9.88 Å². The van der Waals surface area contributed by atoms with Crippen molar-refractivity contribution in [2.75, 3.05) is 31.0 Å². The number of halogens is 2. The molecule has 0 saturated carbocycles. The Morgan fingerprint density at radius 3 is 2.42 bits per heavy atom. The van der Waals surface area contributed by atoms with Gasteiger partial charge in [-0.1, -0.05) is 6.08 Å². The van der Waals surface area contributed by atoms with Gasteiger partial charge in [0.25, 0.3) is 11.8 Å². The zero-order chi connectivity index (χ0) is 30.7. The van der Waals surface area contributed by atoms with Gasteiger partial charge in [-0.3, -0.25) is 19.5 Å². The number of aliphatic hydroxyl groups is 1. The zero-order valence-corrected chi connectivity index (χ0v) is 23.1. The number of hydrogen-bond donors (Lipinski definition) is 2. The van der Waals surface area contributed by atoms with E-state index in [1.165, 1.54) is 61.9 Å². The van der Waals surface area contributed by atoms with Crippen LogP contribution in [0.5, 0.6) is 23.0 Å². The van der Waals surface area contributed by atoms with Gasteiger partial charge >= 0.3 is 0 Å². The van der Waals surface area contributed by atoms with Gasteiger partial charge in [-0.15, -0.1) is 6.58 Å². The normalized spacial score (nSPS) is 14.8. The van der Waals surface area contributed by atoms with Gasteiger partial charge in [-0.05, 0) is 48.5 Å². The van der Waals surface area contributed by atoms with Crippen molar-refractivity contribution >= 4 is 34.1 Å². The van der Waals surface area contributed by atoms with E-state index in [0.717, 1.165) is 23.1 Å². The number of methoxy groups -OCH3 is 2. The van der Waals surface area contributed by atoms with Crippen molar-refractivity contribution in [3.8, 4) is 23.0 Å². The molecule has 3 aromatic carbocycles. The summed E-state index contributed by atoms with van der Waals surface area (Å²) in [5.41, 5.74) is 0.405. The molecule has 5 rings (SSSR count). The number of anilines is 2. The lowest BCUT2D eigenvalue weighted by Crippen LogP contribution is -2.55. The lowest BCUT2D eigenvalue weighted by atomic mass is 10.1. The van der Waals surface area contributed by atoms with Crippen LogP contribution in [0.3, 0.4) is 0 Å². The van der Waals surface area contributed by atoms with Gasteiger partial charge in [0.1, 0.15) is 17.1 Å². The van der Waals surface area contributed by atoms with E-state index in [2.05, 4.69) is 16.9 Å². The number of hydrogen-bond acceptors (Lipinski definition) is 8. The monoisotopic (exact) mass is 588 g/mol. The quantitative estimate of drug-likeness (QED) is 0.209. The summed E-state index contributed by atoms with van der Waals surface area (Å²) >= 11 is 0. The number of pyridine rings is 1. The first kappa shape index (κ1) is 29.0. The first-order chi connectivity index (χ1) is 20.7. The molecule has 1 atom stereocenters. The summed E-state index contributed by atoms with van der Waals surface area (Å²) in [5.74, 6) is -1.93. The molecule has 1 aliphatic heterocycles. The summed E-state index contributed by atoms with van der Waals surface area (Å²) in [4.78, 5) is 33.0. The van der Waals surface area contributed by atoms with E-state index < -0.39 is 29.8 Å². The largest absolute Gasteiger partial charge is 0.493 e. The topological polar surface area (TPSA) is 113 Å². The number of rotatable bonds is 9. The molecule has 4 aromatic rings. The molecular weight excluding hydrogens is 562 g/mol. The van der Waals surface area contributed by atoms with E-state index in [1.807, 2.05) is 0 Å². The minimum Gasteiger partial charge on any atom is -0.493 e. The maximum atomic E-state index is 15.2. The van der Waals surface area contributed by atoms with E-state index in [4.69, 9.17) is 14.2 Å². The van der Waals surface area contributed by atoms with Gasteiger partial charge in [0.2, 0.25) is 6.35 Å². The molecule has 1 aliphatic rings. The molecule has 0 radical (unpaired) electrons. The second-order valence-corrected chi connectivity index (χ2v) is 9.26. The summed E-state index contributed by atoms with van der Waals surface area (Å²) in [7, 11) is 2.99. The van der Waals surface area contributed by atoms with E-state index >= 15 is 4.39 Å². The first-order valence-electron chi connectivity index (χ1n) is 12.9. The molecule has 0 aliphatic carbocycles. The Morgan fingerprint density at radius 1 is 1.02 bits per heavy atom. The standard InChI is InChI=1S/C31H26F2N4O6/c1-4-13-36-17-22(30(39)37(31(36)40)20-8-5-18(32)6-9-20)29(38)35-19-7-10-26(23(33)14-19)43-25-11-12-34-24-16-28(42-3)27(41-2)15-21(24)25/h4-12,14-17,31,40H,1,13H2,2-3H3,(H,35,38). The summed E-state index contributed by atoms with van der Waals surface area (Å²) < 4.78 is 45.2. The number of amides is 2. The third-order valence-corrected chi connectivity index (χ3v) is 6.58. The van der Waals surface area contributed by atoms with Crippen LogP contribution in [0.1, 0.15) is 0 Å².